The molecule has 8 heteroatoms. The number of rotatable bonds is 5. The molecule has 0 spiro atoms. The number of aromatic amines is 1. The lowest BCUT2D eigenvalue weighted by molar-refractivity contribution is -0.123. The number of hydrogen-bond acceptors (Lipinski definition) is 5. The highest BCUT2D eigenvalue weighted by atomic mass is 32.1. The Morgan fingerprint density at radius 3 is 3.05 bits per heavy atom. The van der Waals surface area contributed by atoms with Gasteiger partial charge in [-0.1, -0.05) is 6.07 Å². The monoisotopic (exact) mass is 321 g/mol. The number of nitrogens with one attached hydrogen (secondary N) is 2. The van der Waals surface area contributed by atoms with Crippen LogP contribution in [0.25, 0.3) is 10.7 Å². The zero-order valence-corrected chi connectivity index (χ0v) is 13.3. The van der Waals surface area contributed by atoms with Crippen molar-refractivity contribution in [3.8, 4) is 16.8 Å². The second-order valence-corrected chi connectivity index (χ2v) is 5.99. The summed E-state index contributed by atoms with van der Waals surface area (Å²) in [5.41, 5.74) is 0. The van der Waals surface area contributed by atoms with E-state index in [0.717, 1.165) is 4.88 Å². The summed E-state index contributed by atoms with van der Waals surface area (Å²) in [5, 5.41) is 20.4. The van der Waals surface area contributed by atoms with Crippen LogP contribution in [0.5, 0.6) is 0 Å². The Hall–Kier alpha value is -1.98. The van der Waals surface area contributed by atoms with E-state index >= 15 is 0 Å². The van der Waals surface area contributed by atoms with Crippen LogP contribution in [0.1, 0.15) is 19.9 Å². The van der Waals surface area contributed by atoms with Gasteiger partial charge in [0.15, 0.2) is 10.6 Å². The molecule has 21 heavy (non-hydrogen) atoms. The third-order valence-corrected chi connectivity index (χ3v) is 4.17. The molecule has 2 unspecified atom stereocenters. The van der Waals surface area contributed by atoms with Gasteiger partial charge in [0, 0.05) is 6.54 Å². The Bertz CT molecular complexity index is 710. The molecule has 0 aromatic carbocycles. The normalized spacial score (nSPS) is 13.4. The van der Waals surface area contributed by atoms with Gasteiger partial charge in [-0.15, -0.1) is 11.3 Å². The van der Waals surface area contributed by atoms with E-state index in [0.29, 0.717) is 17.1 Å². The molecule has 2 rings (SSSR count). The Labute approximate surface area is 131 Å². The first kappa shape index (κ1) is 15.4. The SMILES string of the molecule is CC(C#N)CNC(=O)C(C)n1c(-c2cccs2)n[nH]c1=S. The van der Waals surface area contributed by atoms with Gasteiger partial charge >= 0.3 is 0 Å². The Morgan fingerprint density at radius 2 is 2.43 bits per heavy atom. The van der Waals surface area contributed by atoms with Crippen LogP contribution >= 0.6 is 23.6 Å². The van der Waals surface area contributed by atoms with E-state index in [1.807, 2.05) is 17.5 Å². The minimum Gasteiger partial charge on any atom is -0.353 e. The van der Waals surface area contributed by atoms with Crippen molar-refractivity contribution in [2.75, 3.05) is 6.54 Å². The molecule has 2 N–H and O–H groups in total. The van der Waals surface area contributed by atoms with Crippen LogP contribution < -0.4 is 5.32 Å². The highest BCUT2D eigenvalue weighted by Crippen LogP contribution is 2.25. The number of nitrogens with zero attached hydrogens (tertiary/aromatic N) is 3. The highest BCUT2D eigenvalue weighted by Gasteiger charge is 2.21. The molecule has 6 nitrogen and oxygen atoms in total. The molecule has 0 radical (unpaired) electrons. The zero-order valence-electron chi connectivity index (χ0n) is 11.7. The predicted octanol–water partition coefficient (Wildman–Crippen LogP) is 2.51. The first-order valence-electron chi connectivity index (χ1n) is 6.42. The molecule has 0 saturated heterocycles. The maximum absolute atomic E-state index is 12.2. The number of carbonyl (C=O) groups excluding carboxylic acids is 1. The smallest absolute Gasteiger partial charge is 0.242 e. The summed E-state index contributed by atoms with van der Waals surface area (Å²) < 4.78 is 2.09. The summed E-state index contributed by atoms with van der Waals surface area (Å²) in [6.45, 7) is 3.83. The van der Waals surface area contributed by atoms with Gasteiger partial charge in [0.05, 0.1) is 16.9 Å². The van der Waals surface area contributed by atoms with Crippen LogP contribution in [0.2, 0.25) is 0 Å². The fourth-order valence-corrected chi connectivity index (χ4v) is 2.81. The van der Waals surface area contributed by atoms with E-state index in [4.69, 9.17) is 17.5 Å². The van der Waals surface area contributed by atoms with Crippen LogP contribution in [-0.2, 0) is 4.79 Å². The highest BCUT2D eigenvalue weighted by molar-refractivity contribution is 7.71. The van der Waals surface area contributed by atoms with Crippen LogP contribution in [0, 0.1) is 22.0 Å². The maximum Gasteiger partial charge on any atom is 0.242 e. The molecule has 0 fully saturated rings. The second kappa shape index (κ2) is 6.65. The summed E-state index contributed by atoms with van der Waals surface area (Å²) in [5.74, 6) is 0.230. The van der Waals surface area contributed by atoms with Crippen molar-refractivity contribution in [3.63, 3.8) is 0 Å². The number of carbonyl (C=O) groups is 1. The number of thiophene rings is 1. The third-order valence-electron chi connectivity index (χ3n) is 3.02. The molecule has 0 aliphatic heterocycles. The van der Waals surface area contributed by atoms with Crippen molar-refractivity contribution >= 4 is 29.5 Å². The average molecular weight is 321 g/mol. The van der Waals surface area contributed by atoms with Gasteiger partial charge in [-0.3, -0.25) is 14.5 Å². The fraction of sp³-hybridized carbons (Fsp3) is 0.385. The number of amides is 1. The zero-order chi connectivity index (χ0) is 15.4. The van der Waals surface area contributed by atoms with Crippen molar-refractivity contribution in [2.45, 2.75) is 19.9 Å². The molecule has 110 valence electrons. The number of hydrogen-bond donors (Lipinski definition) is 2. The average Bonchev–Trinajstić information content (AvgIpc) is 3.12. The van der Waals surface area contributed by atoms with Gasteiger partial charge in [0.1, 0.15) is 6.04 Å². The molecule has 0 aliphatic carbocycles. The van der Waals surface area contributed by atoms with E-state index in [1.54, 1.807) is 18.4 Å². The quantitative estimate of drug-likeness (QED) is 0.828. The molecular weight excluding hydrogens is 306 g/mol. The number of H-pyrrole nitrogens is 1. The predicted molar refractivity (Wildman–Crippen MR) is 83.2 cm³/mol. The van der Waals surface area contributed by atoms with E-state index in [1.165, 1.54) is 11.3 Å². The van der Waals surface area contributed by atoms with Crippen molar-refractivity contribution < 1.29 is 4.79 Å². The van der Waals surface area contributed by atoms with Crippen molar-refractivity contribution in [1.29, 1.82) is 5.26 Å². The molecule has 2 aromatic rings. The standard InChI is InChI=1S/C13H15N5OS2/c1-8(6-14)7-15-12(19)9(2)18-11(16-17-13(18)20)10-4-3-5-21-10/h3-5,8-9H,7H2,1-2H3,(H,15,19)(H,17,20). The van der Waals surface area contributed by atoms with Gasteiger partial charge < -0.3 is 5.32 Å². The molecule has 2 heterocycles. The third kappa shape index (κ3) is 3.37. The molecule has 0 bridgehead atoms. The van der Waals surface area contributed by atoms with E-state index < -0.39 is 6.04 Å². The largest absolute Gasteiger partial charge is 0.353 e. The van der Waals surface area contributed by atoms with Crippen molar-refractivity contribution in [1.82, 2.24) is 20.1 Å². The van der Waals surface area contributed by atoms with Gasteiger partial charge in [0.2, 0.25) is 5.91 Å². The van der Waals surface area contributed by atoms with E-state index in [9.17, 15) is 4.79 Å². The van der Waals surface area contributed by atoms with Crippen molar-refractivity contribution in [2.24, 2.45) is 5.92 Å². The first-order chi connectivity index (χ1) is 10.0. The molecule has 0 saturated carbocycles. The van der Waals surface area contributed by atoms with E-state index in [-0.39, 0.29) is 11.8 Å². The van der Waals surface area contributed by atoms with Crippen molar-refractivity contribution in [3.05, 3.63) is 22.3 Å². The van der Waals surface area contributed by atoms with Gasteiger partial charge in [0.25, 0.3) is 0 Å². The fourth-order valence-electron chi connectivity index (χ4n) is 1.81. The minimum atomic E-state index is -0.501. The van der Waals surface area contributed by atoms with E-state index in [2.05, 4.69) is 21.6 Å². The molecule has 0 aliphatic rings. The minimum absolute atomic E-state index is 0.188. The lowest BCUT2D eigenvalue weighted by Gasteiger charge is -2.15. The summed E-state index contributed by atoms with van der Waals surface area (Å²) in [7, 11) is 0. The number of nitriles is 1. The molecule has 2 aromatic heterocycles. The van der Waals surface area contributed by atoms with Crippen LogP contribution in [0.15, 0.2) is 17.5 Å². The second-order valence-electron chi connectivity index (χ2n) is 4.65. The molecule has 2 atom stereocenters. The summed E-state index contributed by atoms with van der Waals surface area (Å²) >= 11 is 6.75. The topological polar surface area (TPSA) is 86.5 Å². The summed E-state index contributed by atoms with van der Waals surface area (Å²) in [6, 6.07) is 5.42. The number of aromatic nitrogens is 3. The van der Waals surface area contributed by atoms with Gasteiger partial charge in [-0.2, -0.15) is 10.4 Å². The summed E-state index contributed by atoms with van der Waals surface area (Å²) in [4.78, 5) is 13.1. The Balaban J connectivity index is 2.22. The lowest BCUT2D eigenvalue weighted by atomic mass is 10.2. The van der Waals surface area contributed by atoms with Gasteiger partial charge in [-0.25, -0.2) is 0 Å². The maximum atomic E-state index is 12.2. The van der Waals surface area contributed by atoms with Crippen LogP contribution in [0.4, 0.5) is 0 Å². The molecular formula is C13H15N5OS2. The van der Waals surface area contributed by atoms with Crippen LogP contribution in [0.3, 0.4) is 0 Å². The lowest BCUT2D eigenvalue weighted by Crippen LogP contribution is -2.34. The Kier molecular flexibility index (Phi) is 4.88. The van der Waals surface area contributed by atoms with Crippen LogP contribution in [-0.4, -0.2) is 27.2 Å². The van der Waals surface area contributed by atoms with Gasteiger partial charge in [-0.05, 0) is 37.5 Å². The molecule has 1 amide bonds. The first-order valence-corrected chi connectivity index (χ1v) is 7.71. The Morgan fingerprint density at radius 1 is 1.67 bits per heavy atom. The summed E-state index contributed by atoms with van der Waals surface area (Å²) in [6.07, 6.45) is 0.